The molecule has 0 amide bonds. The normalized spacial score (nSPS) is 18.8. The number of ether oxygens (including phenoxy) is 1. The Morgan fingerprint density at radius 1 is 1.53 bits per heavy atom. The summed E-state index contributed by atoms with van der Waals surface area (Å²) in [5, 5.41) is 3.57. The van der Waals surface area contributed by atoms with Gasteiger partial charge < -0.3 is 14.5 Å². The average Bonchev–Trinajstić information content (AvgIpc) is 2.56. The van der Waals surface area contributed by atoms with Crippen LogP contribution in [0.25, 0.3) is 0 Å². The van der Waals surface area contributed by atoms with E-state index >= 15 is 0 Å². The van der Waals surface area contributed by atoms with Crippen LogP contribution in [-0.2, 0) is 4.74 Å². The molecule has 1 heterocycles. The molecular weight excluding hydrogens is 190 g/mol. The molecule has 1 aliphatic rings. The minimum Gasteiger partial charge on any atom is -0.465 e. The fraction of sp³-hybridized carbons (Fsp3) is 0.667. The van der Waals surface area contributed by atoms with Crippen LogP contribution in [0.15, 0.2) is 16.5 Å². The molecule has 1 unspecified atom stereocenters. The van der Waals surface area contributed by atoms with E-state index in [2.05, 4.69) is 5.32 Å². The number of nitrogens with one attached hydrogen (secondary N) is 1. The molecule has 0 radical (unpaired) electrons. The predicted octanol–water partition coefficient (Wildman–Crippen LogP) is 2.42. The lowest BCUT2D eigenvalue weighted by molar-refractivity contribution is 0.140. The van der Waals surface area contributed by atoms with E-state index in [1.165, 1.54) is 19.3 Å². The molecule has 2 rings (SSSR count). The van der Waals surface area contributed by atoms with Crippen molar-refractivity contribution in [2.24, 2.45) is 0 Å². The van der Waals surface area contributed by atoms with E-state index in [9.17, 15) is 0 Å². The Morgan fingerprint density at radius 2 is 2.33 bits per heavy atom. The van der Waals surface area contributed by atoms with Crippen molar-refractivity contribution in [3.8, 4) is 0 Å². The Balaban J connectivity index is 1.97. The molecule has 0 spiro atoms. The summed E-state index contributed by atoms with van der Waals surface area (Å²) in [5.74, 6) is 1.95. The summed E-state index contributed by atoms with van der Waals surface area (Å²) in [6.45, 7) is 2.64. The third-order valence-electron chi connectivity index (χ3n) is 2.98. The number of furan rings is 1. The fourth-order valence-electron chi connectivity index (χ4n) is 1.88. The van der Waals surface area contributed by atoms with Crippen molar-refractivity contribution in [3.63, 3.8) is 0 Å². The minimum atomic E-state index is 0.203. The second-order valence-electron chi connectivity index (χ2n) is 4.25. The van der Waals surface area contributed by atoms with Crippen LogP contribution in [0.3, 0.4) is 0 Å². The van der Waals surface area contributed by atoms with Gasteiger partial charge in [0.1, 0.15) is 11.5 Å². The molecule has 1 aliphatic carbocycles. The van der Waals surface area contributed by atoms with Crippen molar-refractivity contribution in [1.29, 1.82) is 0 Å². The predicted molar refractivity (Wildman–Crippen MR) is 58.8 cm³/mol. The van der Waals surface area contributed by atoms with Crippen LogP contribution in [0.5, 0.6) is 0 Å². The maximum Gasteiger partial charge on any atom is 0.123 e. The summed E-state index contributed by atoms with van der Waals surface area (Å²) in [7, 11) is 1.73. The minimum absolute atomic E-state index is 0.203. The summed E-state index contributed by atoms with van der Waals surface area (Å²) in [6.07, 6.45) is 3.90. The maximum atomic E-state index is 5.63. The van der Waals surface area contributed by atoms with Gasteiger partial charge in [0.25, 0.3) is 0 Å². The smallest absolute Gasteiger partial charge is 0.123 e. The van der Waals surface area contributed by atoms with Gasteiger partial charge in [-0.1, -0.05) is 6.42 Å². The lowest BCUT2D eigenvalue weighted by atomic mass is 9.92. The molecule has 1 fully saturated rings. The van der Waals surface area contributed by atoms with Gasteiger partial charge in [-0.25, -0.2) is 0 Å². The molecule has 0 saturated heterocycles. The molecule has 15 heavy (non-hydrogen) atoms. The average molecular weight is 209 g/mol. The molecule has 0 aromatic carbocycles. The van der Waals surface area contributed by atoms with Crippen molar-refractivity contribution in [3.05, 3.63) is 23.7 Å². The van der Waals surface area contributed by atoms with Crippen molar-refractivity contribution >= 4 is 0 Å². The van der Waals surface area contributed by atoms with Gasteiger partial charge in [-0.05, 0) is 31.9 Å². The highest BCUT2D eigenvalue weighted by molar-refractivity contribution is 5.10. The number of methoxy groups -OCH3 is 1. The SMILES string of the molecule is COCC(NC1CCC1)c1ccc(C)o1. The standard InChI is InChI=1S/C12H19NO2/c1-9-6-7-12(15-9)11(8-14-2)13-10-4-3-5-10/h6-7,10-11,13H,3-5,8H2,1-2H3. The molecule has 1 atom stereocenters. The number of hydrogen-bond donors (Lipinski definition) is 1. The Kier molecular flexibility index (Phi) is 3.44. The van der Waals surface area contributed by atoms with Crippen molar-refractivity contribution in [1.82, 2.24) is 5.32 Å². The molecule has 3 nitrogen and oxygen atoms in total. The molecular formula is C12H19NO2. The van der Waals surface area contributed by atoms with Crippen molar-refractivity contribution < 1.29 is 9.15 Å². The summed E-state index contributed by atoms with van der Waals surface area (Å²) in [6, 6.07) is 4.88. The van der Waals surface area contributed by atoms with E-state index in [4.69, 9.17) is 9.15 Å². The Labute approximate surface area is 90.8 Å². The molecule has 0 bridgehead atoms. The topological polar surface area (TPSA) is 34.4 Å². The molecule has 84 valence electrons. The first kappa shape index (κ1) is 10.7. The molecule has 1 aromatic heterocycles. The fourth-order valence-corrected chi connectivity index (χ4v) is 1.88. The first-order chi connectivity index (χ1) is 7.29. The summed E-state index contributed by atoms with van der Waals surface area (Å²) >= 11 is 0. The van der Waals surface area contributed by atoms with Gasteiger partial charge in [0.2, 0.25) is 0 Å². The van der Waals surface area contributed by atoms with E-state index in [1.807, 2.05) is 19.1 Å². The second-order valence-corrected chi connectivity index (χ2v) is 4.25. The molecule has 1 saturated carbocycles. The zero-order valence-corrected chi connectivity index (χ0v) is 9.45. The van der Waals surface area contributed by atoms with E-state index in [1.54, 1.807) is 7.11 Å². The third kappa shape index (κ3) is 2.61. The zero-order valence-electron chi connectivity index (χ0n) is 9.45. The van der Waals surface area contributed by atoms with Gasteiger partial charge in [-0.2, -0.15) is 0 Å². The zero-order chi connectivity index (χ0) is 10.7. The van der Waals surface area contributed by atoms with Crippen LogP contribution in [0.1, 0.15) is 36.8 Å². The highest BCUT2D eigenvalue weighted by Gasteiger charge is 2.23. The van der Waals surface area contributed by atoms with Gasteiger partial charge in [0, 0.05) is 13.2 Å². The van der Waals surface area contributed by atoms with E-state index < -0.39 is 0 Å². The largest absolute Gasteiger partial charge is 0.465 e. The summed E-state index contributed by atoms with van der Waals surface area (Å²) < 4.78 is 10.8. The Bertz CT molecular complexity index is 304. The molecule has 1 N–H and O–H groups in total. The first-order valence-corrected chi connectivity index (χ1v) is 5.61. The lowest BCUT2D eigenvalue weighted by Gasteiger charge is -2.30. The van der Waals surface area contributed by atoms with Crippen LogP contribution in [0.4, 0.5) is 0 Å². The van der Waals surface area contributed by atoms with E-state index in [0.29, 0.717) is 12.6 Å². The highest BCUT2D eigenvalue weighted by atomic mass is 16.5. The van der Waals surface area contributed by atoms with Crippen LogP contribution in [0.2, 0.25) is 0 Å². The van der Waals surface area contributed by atoms with Crippen LogP contribution in [-0.4, -0.2) is 19.8 Å². The number of aryl methyl sites for hydroxylation is 1. The monoisotopic (exact) mass is 209 g/mol. The van der Waals surface area contributed by atoms with Crippen LogP contribution < -0.4 is 5.32 Å². The summed E-state index contributed by atoms with van der Waals surface area (Å²) in [4.78, 5) is 0. The van der Waals surface area contributed by atoms with Gasteiger partial charge >= 0.3 is 0 Å². The number of hydrogen-bond acceptors (Lipinski definition) is 3. The summed E-state index contributed by atoms with van der Waals surface area (Å²) in [5.41, 5.74) is 0. The third-order valence-corrected chi connectivity index (χ3v) is 2.98. The molecule has 3 heteroatoms. The van der Waals surface area contributed by atoms with E-state index in [0.717, 1.165) is 11.5 Å². The van der Waals surface area contributed by atoms with Crippen molar-refractivity contribution in [2.45, 2.75) is 38.3 Å². The number of rotatable bonds is 5. The quantitative estimate of drug-likeness (QED) is 0.808. The second kappa shape index (κ2) is 4.81. The Hall–Kier alpha value is -0.800. The maximum absolute atomic E-state index is 5.63. The van der Waals surface area contributed by atoms with Crippen LogP contribution >= 0.6 is 0 Å². The molecule has 0 aliphatic heterocycles. The molecule has 1 aromatic rings. The first-order valence-electron chi connectivity index (χ1n) is 5.61. The van der Waals surface area contributed by atoms with Gasteiger partial charge in [-0.3, -0.25) is 0 Å². The lowest BCUT2D eigenvalue weighted by Crippen LogP contribution is -2.39. The van der Waals surface area contributed by atoms with Crippen LogP contribution in [0, 0.1) is 6.92 Å². The van der Waals surface area contributed by atoms with Gasteiger partial charge in [0.15, 0.2) is 0 Å². The van der Waals surface area contributed by atoms with Gasteiger partial charge in [0.05, 0.1) is 12.6 Å². The van der Waals surface area contributed by atoms with Crippen molar-refractivity contribution in [2.75, 3.05) is 13.7 Å². The Morgan fingerprint density at radius 3 is 2.80 bits per heavy atom. The highest BCUT2D eigenvalue weighted by Crippen LogP contribution is 2.24. The van der Waals surface area contributed by atoms with Gasteiger partial charge in [-0.15, -0.1) is 0 Å². The van der Waals surface area contributed by atoms with E-state index in [-0.39, 0.29) is 6.04 Å².